The monoisotopic (exact) mass is 342 g/mol. The second-order valence-electron chi connectivity index (χ2n) is 5.03. The SMILES string of the molecule is CCCCS(=O)(=O)N[C@@H](C)C(=O)OCC(=O)Nc1ccccc1. The van der Waals surface area contributed by atoms with Gasteiger partial charge >= 0.3 is 5.97 Å². The maximum Gasteiger partial charge on any atom is 0.324 e. The molecule has 0 fully saturated rings. The molecular formula is C15H22N2O5S. The van der Waals surface area contributed by atoms with Crippen LogP contribution in [0.15, 0.2) is 30.3 Å². The second-order valence-corrected chi connectivity index (χ2v) is 6.91. The number of carbonyl (C=O) groups excluding carboxylic acids is 2. The van der Waals surface area contributed by atoms with E-state index in [4.69, 9.17) is 4.74 Å². The Morgan fingerprint density at radius 3 is 2.48 bits per heavy atom. The Hall–Kier alpha value is -1.93. The molecule has 23 heavy (non-hydrogen) atoms. The quantitative estimate of drug-likeness (QED) is 0.658. The van der Waals surface area contributed by atoms with Crippen LogP contribution in [0.5, 0.6) is 0 Å². The van der Waals surface area contributed by atoms with Crippen molar-refractivity contribution in [2.45, 2.75) is 32.7 Å². The first-order valence-electron chi connectivity index (χ1n) is 7.35. The largest absolute Gasteiger partial charge is 0.454 e. The molecule has 0 bridgehead atoms. The van der Waals surface area contributed by atoms with Crippen molar-refractivity contribution in [2.24, 2.45) is 0 Å². The highest BCUT2D eigenvalue weighted by molar-refractivity contribution is 7.89. The normalized spacial score (nSPS) is 12.4. The molecule has 1 rings (SSSR count). The molecule has 0 aromatic heterocycles. The molecule has 1 atom stereocenters. The number of esters is 1. The number of benzene rings is 1. The van der Waals surface area contributed by atoms with Crippen molar-refractivity contribution >= 4 is 27.6 Å². The van der Waals surface area contributed by atoms with Crippen LogP contribution in [0.4, 0.5) is 5.69 Å². The predicted octanol–water partition coefficient (Wildman–Crippen LogP) is 1.28. The Morgan fingerprint density at radius 1 is 1.22 bits per heavy atom. The third kappa shape index (κ3) is 7.75. The van der Waals surface area contributed by atoms with Crippen molar-refractivity contribution in [3.05, 3.63) is 30.3 Å². The van der Waals surface area contributed by atoms with Crippen LogP contribution < -0.4 is 10.0 Å². The number of para-hydroxylation sites is 1. The summed E-state index contributed by atoms with van der Waals surface area (Å²) in [5, 5.41) is 2.56. The first-order chi connectivity index (χ1) is 10.8. The Labute approximate surface area is 136 Å². The van der Waals surface area contributed by atoms with Crippen molar-refractivity contribution in [3.63, 3.8) is 0 Å². The van der Waals surface area contributed by atoms with Crippen LogP contribution in [-0.2, 0) is 24.3 Å². The number of amides is 1. The molecule has 8 heteroatoms. The minimum absolute atomic E-state index is 0.0460. The molecule has 128 valence electrons. The summed E-state index contributed by atoms with van der Waals surface area (Å²) in [5.41, 5.74) is 0.585. The lowest BCUT2D eigenvalue weighted by Gasteiger charge is -2.13. The first-order valence-corrected chi connectivity index (χ1v) is 9.01. The van der Waals surface area contributed by atoms with E-state index in [0.717, 1.165) is 6.42 Å². The zero-order valence-corrected chi connectivity index (χ0v) is 14.1. The molecule has 0 saturated carbocycles. The molecule has 0 heterocycles. The van der Waals surface area contributed by atoms with Gasteiger partial charge in [0.05, 0.1) is 5.75 Å². The number of sulfonamides is 1. The fourth-order valence-electron chi connectivity index (χ4n) is 1.69. The van der Waals surface area contributed by atoms with Crippen molar-refractivity contribution in [1.29, 1.82) is 0 Å². The van der Waals surface area contributed by atoms with Gasteiger partial charge in [0.15, 0.2) is 6.61 Å². The van der Waals surface area contributed by atoms with E-state index in [0.29, 0.717) is 12.1 Å². The molecule has 1 amide bonds. The van der Waals surface area contributed by atoms with Crippen LogP contribution in [0.25, 0.3) is 0 Å². The first kappa shape index (κ1) is 19.1. The summed E-state index contributed by atoms with van der Waals surface area (Å²) in [4.78, 5) is 23.4. The highest BCUT2D eigenvalue weighted by atomic mass is 32.2. The maximum atomic E-state index is 11.7. The van der Waals surface area contributed by atoms with E-state index in [1.54, 1.807) is 24.3 Å². The van der Waals surface area contributed by atoms with Crippen molar-refractivity contribution in [3.8, 4) is 0 Å². The molecular weight excluding hydrogens is 320 g/mol. The average Bonchev–Trinajstić information content (AvgIpc) is 2.51. The van der Waals surface area contributed by atoms with E-state index in [9.17, 15) is 18.0 Å². The summed E-state index contributed by atoms with van der Waals surface area (Å²) in [5.74, 6) is -1.34. The third-order valence-corrected chi connectivity index (χ3v) is 4.42. The fraction of sp³-hybridized carbons (Fsp3) is 0.467. The average molecular weight is 342 g/mol. The molecule has 0 aliphatic carbocycles. The molecule has 0 aliphatic heterocycles. The lowest BCUT2D eigenvalue weighted by Crippen LogP contribution is -2.41. The number of ether oxygens (including phenoxy) is 1. The molecule has 1 aromatic carbocycles. The lowest BCUT2D eigenvalue weighted by atomic mass is 10.3. The lowest BCUT2D eigenvalue weighted by molar-refractivity contribution is -0.148. The molecule has 0 unspecified atom stereocenters. The molecule has 2 N–H and O–H groups in total. The van der Waals surface area contributed by atoms with Crippen LogP contribution in [0.3, 0.4) is 0 Å². The number of anilines is 1. The van der Waals surface area contributed by atoms with Gasteiger partial charge in [-0.1, -0.05) is 31.5 Å². The van der Waals surface area contributed by atoms with Gasteiger partial charge in [-0.05, 0) is 25.5 Å². The smallest absolute Gasteiger partial charge is 0.324 e. The Balaban J connectivity index is 2.39. The predicted molar refractivity (Wildman–Crippen MR) is 87.3 cm³/mol. The van der Waals surface area contributed by atoms with Gasteiger partial charge in [0.25, 0.3) is 5.91 Å². The van der Waals surface area contributed by atoms with E-state index < -0.39 is 34.5 Å². The Morgan fingerprint density at radius 2 is 1.87 bits per heavy atom. The van der Waals surface area contributed by atoms with Crippen LogP contribution in [0.1, 0.15) is 26.7 Å². The zero-order valence-electron chi connectivity index (χ0n) is 13.2. The highest BCUT2D eigenvalue weighted by Crippen LogP contribution is 2.04. The highest BCUT2D eigenvalue weighted by Gasteiger charge is 2.21. The topological polar surface area (TPSA) is 102 Å². The zero-order chi connectivity index (χ0) is 17.3. The summed E-state index contributed by atoms with van der Waals surface area (Å²) < 4.78 is 30.4. The van der Waals surface area contributed by atoms with Crippen LogP contribution >= 0.6 is 0 Å². The van der Waals surface area contributed by atoms with Crippen molar-refractivity contribution in [1.82, 2.24) is 4.72 Å². The summed E-state index contributed by atoms with van der Waals surface area (Å²) in [6.45, 7) is 2.77. The van der Waals surface area contributed by atoms with Gasteiger partial charge in [-0.3, -0.25) is 9.59 Å². The van der Waals surface area contributed by atoms with Crippen LogP contribution in [0, 0.1) is 0 Å². The molecule has 0 saturated heterocycles. The van der Waals surface area contributed by atoms with E-state index in [1.807, 2.05) is 13.0 Å². The van der Waals surface area contributed by atoms with Crippen LogP contribution in [0.2, 0.25) is 0 Å². The van der Waals surface area contributed by atoms with Gasteiger partial charge < -0.3 is 10.1 Å². The summed E-state index contributed by atoms with van der Waals surface area (Å²) >= 11 is 0. The molecule has 1 aromatic rings. The van der Waals surface area contributed by atoms with Crippen LogP contribution in [-0.4, -0.2) is 38.7 Å². The number of rotatable bonds is 9. The van der Waals surface area contributed by atoms with Gasteiger partial charge in [-0.25, -0.2) is 13.1 Å². The van der Waals surface area contributed by atoms with Crippen molar-refractivity contribution in [2.75, 3.05) is 17.7 Å². The number of hydrogen-bond donors (Lipinski definition) is 2. The second kappa shape index (κ2) is 9.26. The summed E-state index contributed by atoms with van der Waals surface area (Å²) in [6, 6.07) is 7.68. The molecule has 0 radical (unpaired) electrons. The van der Waals surface area contributed by atoms with E-state index in [1.165, 1.54) is 6.92 Å². The van der Waals surface area contributed by atoms with Gasteiger partial charge in [-0.2, -0.15) is 0 Å². The minimum Gasteiger partial charge on any atom is -0.454 e. The van der Waals surface area contributed by atoms with Gasteiger partial charge in [0, 0.05) is 5.69 Å². The van der Waals surface area contributed by atoms with Gasteiger partial charge in [0.2, 0.25) is 10.0 Å². The number of nitrogens with one attached hydrogen (secondary N) is 2. The van der Waals surface area contributed by atoms with Crippen molar-refractivity contribution < 1.29 is 22.7 Å². The number of hydrogen-bond acceptors (Lipinski definition) is 5. The molecule has 7 nitrogen and oxygen atoms in total. The third-order valence-electron chi connectivity index (χ3n) is 2.88. The molecule has 0 spiro atoms. The summed E-state index contributed by atoms with van der Waals surface area (Å²) in [6.07, 6.45) is 1.25. The van der Waals surface area contributed by atoms with Gasteiger partial charge in [0.1, 0.15) is 6.04 Å². The number of unbranched alkanes of at least 4 members (excludes halogenated alkanes) is 1. The standard InChI is InChI=1S/C15H22N2O5S/c1-3-4-10-23(20,21)17-12(2)15(19)22-11-14(18)16-13-8-6-5-7-9-13/h5-9,12,17H,3-4,10-11H2,1-2H3,(H,16,18)/t12-/m0/s1. The number of carbonyl (C=O) groups is 2. The fourth-order valence-corrected chi connectivity index (χ4v) is 3.11. The minimum atomic E-state index is -3.53. The van der Waals surface area contributed by atoms with E-state index in [-0.39, 0.29) is 5.75 Å². The van der Waals surface area contributed by atoms with Gasteiger partial charge in [-0.15, -0.1) is 0 Å². The Bertz CT molecular complexity index is 616. The van der Waals surface area contributed by atoms with E-state index in [2.05, 4.69) is 10.0 Å². The maximum absolute atomic E-state index is 11.7. The van der Waals surface area contributed by atoms with E-state index >= 15 is 0 Å². The Kier molecular flexibility index (Phi) is 7.70. The summed E-state index contributed by atoms with van der Waals surface area (Å²) in [7, 11) is -3.53. The molecule has 0 aliphatic rings.